The Balaban J connectivity index is 1.90. The second kappa shape index (κ2) is 7.23. The first kappa shape index (κ1) is 16.2. The van der Waals surface area contributed by atoms with Gasteiger partial charge in [-0.2, -0.15) is 0 Å². The fraction of sp³-hybridized carbons (Fsp3) is 1.00. The van der Waals surface area contributed by atoms with Crippen LogP contribution >= 0.6 is 0 Å². The molecule has 1 saturated heterocycles. The first-order valence-corrected chi connectivity index (χ1v) is 10.1. The van der Waals surface area contributed by atoms with Crippen molar-refractivity contribution < 1.29 is 8.42 Å². The maximum absolute atomic E-state index is 11.9. The summed E-state index contributed by atoms with van der Waals surface area (Å²) in [6.07, 6.45) is 8.36. The van der Waals surface area contributed by atoms with Crippen LogP contribution in [0.5, 0.6) is 0 Å². The standard InChI is InChI=1S/C15H30N2O2S/c1-2-12-20(18,19)13-11-17-10-6-9-16-15(14-17)7-4-3-5-8-15/h16H,2-14H2,1H3. The molecule has 0 amide bonds. The van der Waals surface area contributed by atoms with E-state index < -0.39 is 9.84 Å². The lowest BCUT2D eigenvalue weighted by Gasteiger charge is -2.40. The molecule has 2 aliphatic rings. The predicted octanol–water partition coefficient (Wildman–Crippen LogP) is 1.81. The Labute approximate surface area is 124 Å². The van der Waals surface area contributed by atoms with Crippen molar-refractivity contribution in [3.8, 4) is 0 Å². The van der Waals surface area contributed by atoms with E-state index in [1.165, 1.54) is 32.1 Å². The lowest BCUT2D eigenvalue weighted by atomic mass is 9.81. The van der Waals surface area contributed by atoms with Crippen LogP contribution < -0.4 is 5.32 Å². The van der Waals surface area contributed by atoms with Gasteiger partial charge in [0.25, 0.3) is 0 Å². The maximum Gasteiger partial charge on any atom is 0.151 e. The van der Waals surface area contributed by atoms with E-state index in [-0.39, 0.29) is 5.54 Å². The van der Waals surface area contributed by atoms with Gasteiger partial charge < -0.3 is 10.2 Å². The summed E-state index contributed by atoms with van der Waals surface area (Å²) in [7, 11) is -2.85. The normalized spacial score (nSPS) is 24.6. The summed E-state index contributed by atoms with van der Waals surface area (Å²) in [6.45, 7) is 5.80. The summed E-state index contributed by atoms with van der Waals surface area (Å²) >= 11 is 0. The third kappa shape index (κ3) is 4.71. The third-order valence-corrected chi connectivity index (χ3v) is 6.56. The minimum atomic E-state index is -2.85. The van der Waals surface area contributed by atoms with E-state index in [0.29, 0.717) is 18.1 Å². The molecule has 0 aromatic rings. The number of hydrogen-bond acceptors (Lipinski definition) is 4. The molecule has 0 aromatic heterocycles. The fourth-order valence-corrected chi connectivity index (χ4v) is 5.02. The Hall–Kier alpha value is -0.130. The van der Waals surface area contributed by atoms with Crippen molar-refractivity contribution in [1.29, 1.82) is 0 Å². The average molecular weight is 302 g/mol. The van der Waals surface area contributed by atoms with E-state index in [1.807, 2.05) is 6.92 Å². The zero-order valence-corrected chi connectivity index (χ0v) is 13.7. The molecule has 1 saturated carbocycles. The van der Waals surface area contributed by atoms with Crippen molar-refractivity contribution in [3.05, 3.63) is 0 Å². The molecule has 2 rings (SSSR count). The third-order valence-electron chi connectivity index (χ3n) is 4.72. The van der Waals surface area contributed by atoms with E-state index in [1.54, 1.807) is 0 Å². The maximum atomic E-state index is 11.9. The van der Waals surface area contributed by atoms with Crippen LogP contribution in [0.1, 0.15) is 51.9 Å². The highest BCUT2D eigenvalue weighted by Crippen LogP contribution is 2.30. The molecule has 2 fully saturated rings. The molecule has 1 spiro atoms. The predicted molar refractivity (Wildman–Crippen MR) is 83.8 cm³/mol. The zero-order chi connectivity index (χ0) is 14.5. The van der Waals surface area contributed by atoms with Crippen LogP contribution in [0.25, 0.3) is 0 Å². The molecule has 5 heteroatoms. The highest BCUT2D eigenvalue weighted by Gasteiger charge is 2.34. The molecular formula is C15H30N2O2S. The van der Waals surface area contributed by atoms with Gasteiger partial charge in [-0.3, -0.25) is 0 Å². The van der Waals surface area contributed by atoms with Gasteiger partial charge in [-0.15, -0.1) is 0 Å². The number of sulfone groups is 1. The van der Waals surface area contributed by atoms with Crippen molar-refractivity contribution in [3.63, 3.8) is 0 Å². The Morgan fingerprint density at radius 1 is 1.10 bits per heavy atom. The highest BCUT2D eigenvalue weighted by atomic mass is 32.2. The SMILES string of the molecule is CCCS(=O)(=O)CCN1CCCNC2(CCCCC2)C1. The molecule has 0 bridgehead atoms. The summed E-state index contributed by atoms with van der Waals surface area (Å²) in [5.74, 6) is 0.668. The quantitative estimate of drug-likeness (QED) is 0.841. The van der Waals surface area contributed by atoms with Crippen LogP contribution in [0, 0.1) is 0 Å². The van der Waals surface area contributed by atoms with Crippen molar-refractivity contribution in [2.45, 2.75) is 57.4 Å². The first-order valence-electron chi connectivity index (χ1n) is 8.23. The lowest BCUT2D eigenvalue weighted by Crippen LogP contribution is -2.53. The average Bonchev–Trinajstić information content (AvgIpc) is 2.60. The fourth-order valence-electron chi connectivity index (χ4n) is 3.65. The summed E-state index contributed by atoms with van der Waals surface area (Å²) in [4.78, 5) is 2.39. The molecule has 1 aliphatic carbocycles. The molecule has 1 aliphatic heterocycles. The van der Waals surface area contributed by atoms with Gasteiger partial charge in [0.05, 0.1) is 5.75 Å². The number of nitrogens with zero attached hydrogens (tertiary/aromatic N) is 1. The first-order chi connectivity index (χ1) is 9.55. The van der Waals surface area contributed by atoms with Crippen LogP contribution in [-0.2, 0) is 9.84 Å². The van der Waals surface area contributed by atoms with Gasteiger partial charge in [0.15, 0.2) is 9.84 Å². The second-order valence-electron chi connectivity index (χ2n) is 6.55. The van der Waals surface area contributed by atoms with Crippen molar-refractivity contribution >= 4 is 9.84 Å². The van der Waals surface area contributed by atoms with Crippen molar-refractivity contribution in [1.82, 2.24) is 10.2 Å². The minimum Gasteiger partial charge on any atom is -0.310 e. The lowest BCUT2D eigenvalue weighted by molar-refractivity contribution is 0.169. The van der Waals surface area contributed by atoms with E-state index >= 15 is 0 Å². The van der Waals surface area contributed by atoms with E-state index in [0.717, 1.165) is 32.5 Å². The van der Waals surface area contributed by atoms with Crippen LogP contribution in [0.2, 0.25) is 0 Å². The van der Waals surface area contributed by atoms with Gasteiger partial charge in [-0.05, 0) is 38.8 Å². The van der Waals surface area contributed by atoms with Crippen LogP contribution in [0.3, 0.4) is 0 Å². The van der Waals surface area contributed by atoms with E-state index in [4.69, 9.17) is 0 Å². The molecule has 0 radical (unpaired) electrons. The minimum absolute atomic E-state index is 0.267. The smallest absolute Gasteiger partial charge is 0.151 e. The Bertz CT molecular complexity index is 389. The van der Waals surface area contributed by atoms with Gasteiger partial charge >= 0.3 is 0 Å². The van der Waals surface area contributed by atoms with Gasteiger partial charge in [-0.25, -0.2) is 8.42 Å². The Morgan fingerprint density at radius 2 is 1.85 bits per heavy atom. The Kier molecular flexibility index (Phi) is 5.87. The summed E-state index contributed by atoms with van der Waals surface area (Å²) in [6, 6.07) is 0. The summed E-state index contributed by atoms with van der Waals surface area (Å²) in [5, 5.41) is 3.76. The van der Waals surface area contributed by atoms with Crippen LogP contribution in [0.4, 0.5) is 0 Å². The summed E-state index contributed by atoms with van der Waals surface area (Å²) < 4.78 is 23.8. The molecule has 0 aromatic carbocycles. The van der Waals surface area contributed by atoms with Gasteiger partial charge in [0.2, 0.25) is 0 Å². The molecule has 4 nitrogen and oxygen atoms in total. The largest absolute Gasteiger partial charge is 0.310 e. The number of rotatable bonds is 5. The van der Waals surface area contributed by atoms with Gasteiger partial charge in [0.1, 0.15) is 0 Å². The highest BCUT2D eigenvalue weighted by molar-refractivity contribution is 7.91. The van der Waals surface area contributed by atoms with E-state index in [9.17, 15) is 8.42 Å². The van der Waals surface area contributed by atoms with Crippen molar-refractivity contribution in [2.75, 3.05) is 37.7 Å². The van der Waals surface area contributed by atoms with Crippen LogP contribution in [-0.4, -0.2) is 56.5 Å². The molecule has 118 valence electrons. The molecule has 1 heterocycles. The summed E-state index contributed by atoms with van der Waals surface area (Å²) in [5.41, 5.74) is 0.267. The Morgan fingerprint density at radius 3 is 2.55 bits per heavy atom. The topological polar surface area (TPSA) is 49.4 Å². The molecule has 0 atom stereocenters. The molecular weight excluding hydrogens is 272 g/mol. The van der Waals surface area contributed by atoms with E-state index in [2.05, 4.69) is 10.2 Å². The number of hydrogen-bond donors (Lipinski definition) is 1. The van der Waals surface area contributed by atoms with Crippen LogP contribution in [0.15, 0.2) is 0 Å². The molecule has 0 unspecified atom stereocenters. The van der Waals surface area contributed by atoms with Gasteiger partial charge in [-0.1, -0.05) is 26.2 Å². The molecule has 20 heavy (non-hydrogen) atoms. The monoisotopic (exact) mass is 302 g/mol. The van der Waals surface area contributed by atoms with Gasteiger partial charge in [0, 0.05) is 24.4 Å². The molecule has 1 N–H and O–H groups in total. The second-order valence-corrected chi connectivity index (χ2v) is 8.85. The zero-order valence-electron chi connectivity index (χ0n) is 12.9. The number of nitrogens with one attached hydrogen (secondary N) is 1. The van der Waals surface area contributed by atoms with Crippen molar-refractivity contribution in [2.24, 2.45) is 0 Å².